The normalized spacial score (nSPS) is 24.0. The lowest BCUT2D eigenvalue weighted by Crippen LogP contribution is -2.45. The molecule has 1 aromatic heterocycles. The van der Waals surface area contributed by atoms with E-state index in [1.54, 1.807) is 17.9 Å². The van der Waals surface area contributed by atoms with E-state index in [1.165, 1.54) is 6.42 Å². The van der Waals surface area contributed by atoms with Gasteiger partial charge < -0.3 is 9.64 Å². The van der Waals surface area contributed by atoms with Crippen molar-refractivity contribution < 1.29 is 9.53 Å². The Hall–Kier alpha value is -1.63. The molecule has 0 radical (unpaired) electrons. The van der Waals surface area contributed by atoms with E-state index < -0.39 is 0 Å². The van der Waals surface area contributed by atoms with Crippen LogP contribution in [0.3, 0.4) is 0 Å². The van der Waals surface area contributed by atoms with Crippen molar-refractivity contribution in [3.8, 4) is 0 Å². The van der Waals surface area contributed by atoms with Crippen molar-refractivity contribution in [2.24, 2.45) is 18.9 Å². The Morgan fingerprint density at radius 1 is 1.33 bits per heavy atom. The Kier molecular flexibility index (Phi) is 4.38. The number of carbonyl (C=O) groups excluding carboxylic acids is 1. The molecule has 2 aliphatic heterocycles. The number of anilines is 1. The molecule has 2 saturated heterocycles. The Bertz CT molecular complexity index is 483. The van der Waals surface area contributed by atoms with Crippen molar-refractivity contribution in [2.45, 2.75) is 25.7 Å². The molecule has 7 nitrogen and oxygen atoms in total. The van der Waals surface area contributed by atoms with Gasteiger partial charge in [-0.05, 0) is 37.5 Å². The lowest BCUT2D eigenvalue weighted by molar-refractivity contribution is 0.0322. The molecule has 0 bridgehead atoms. The number of hydrogen-bond acceptors (Lipinski definition) is 4. The van der Waals surface area contributed by atoms with Gasteiger partial charge in [0.05, 0.1) is 6.20 Å². The topological polar surface area (TPSA) is 72.3 Å². The summed E-state index contributed by atoms with van der Waals surface area (Å²) in [6.45, 7) is 3.42. The maximum Gasteiger partial charge on any atom is 0.323 e. The van der Waals surface area contributed by atoms with Gasteiger partial charge in [0.15, 0.2) is 5.82 Å². The second-order valence-corrected chi connectivity index (χ2v) is 5.97. The van der Waals surface area contributed by atoms with E-state index in [2.05, 4.69) is 15.6 Å². The SMILES string of the molecule is Cn1nncc1NC(=O)N1CCCC(C2CCOCC2)C1. The smallest absolute Gasteiger partial charge is 0.323 e. The number of aromatic nitrogens is 3. The molecule has 2 amide bonds. The van der Waals surface area contributed by atoms with Crippen LogP contribution in [0.4, 0.5) is 10.6 Å². The second-order valence-electron chi connectivity index (χ2n) is 5.97. The molecule has 2 fully saturated rings. The number of aryl methyl sites for hydroxylation is 1. The van der Waals surface area contributed by atoms with E-state index in [9.17, 15) is 4.79 Å². The number of urea groups is 1. The predicted molar refractivity (Wildman–Crippen MR) is 77.9 cm³/mol. The number of rotatable bonds is 2. The maximum atomic E-state index is 12.4. The zero-order valence-corrected chi connectivity index (χ0v) is 12.5. The van der Waals surface area contributed by atoms with Gasteiger partial charge in [-0.3, -0.25) is 5.32 Å². The number of nitrogens with zero attached hydrogens (tertiary/aromatic N) is 4. The highest BCUT2D eigenvalue weighted by Crippen LogP contribution is 2.31. The molecule has 21 heavy (non-hydrogen) atoms. The molecule has 116 valence electrons. The highest BCUT2D eigenvalue weighted by Gasteiger charge is 2.30. The summed E-state index contributed by atoms with van der Waals surface area (Å²) in [7, 11) is 1.77. The van der Waals surface area contributed by atoms with Gasteiger partial charge in [-0.25, -0.2) is 9.48 Å². The van der Waals surface area contributed by atoms with Crippen molar-refractivity contribution in [1.29, 1.82) is 0 Å². The molecule has 1 atom stereocenters. The van der Waals surface area contributed by atoms with Gasteiger partial charge in [-0.15, -0.1) is 5.10 Å². The molecule has 0 aliphatic carbocycles. The van der Waals surface area contributed by atoms with Crippen LogP contribution in [0.5, 0.6) is 0 Å². The highest BCUT2D eigenvalue weighted by molar-refractivity contribution is 5.88. The fraction of sp³-hybridized carbons (Fsp3) is 0.786. The molecule has 0 spiro atoms. The number of amides is 2. The van der Waals surface area contributed by atoms with E-state index in [0.29, 0.717) is 17.7 Å². The van der Waals surface area contributed by atoms with E-state index in [-0.39, 0.29) is 6.03 Å². The molecular weight excluding hydrogens is 270 g/mol. The van der Waals surface area contributed by atoms with Gasteiger partial charge in [-0.2, -0.15) is 0 Å². The van der Waals surface area contributed by atoms with Crippen molar-refractivity contribution >= 4 is 11.8 Å². The Balaban J connectivity index is 1.57. The number of hydrogen-bond donors (Lipinski definition) is 1. The van der Waals surface area contributed by atoms with Crippen LogP contribution in [-0.4, -0.2) is 52.2 Å². The predicted octanol–water partition coefficient (Wildman–Crippen LogP) is 1.49. The number of nitrogens with one attached hydrogen (secondary N) is 1. The van der Waals surface area contributed by atoms with E-state index in [0.717, 1.165) is 45.6 Å². The molecule has 3 heterocycles. The van der Waals surface area contributed by atoms with Gasteiger partial charge in [0.25, 0.3) is 0 Å². The van der Waals surface area contributed by atoms with Crippen LogP contribution in [0.2, 0.25) is 0 Å². The zero-order chi connectivity index (χ0) is 14.7. The Morgan fingerprint density at radius 2 is 2.14 bits per heavy atom. The first kappa shape index (κ1) is 14.3. The van der Waals surface area contributed by atoms with Crippen molar-refractivity contribution in [3.63, 3.8) is 0 Å². The first-order chi connectivity index (χ1) is 10.2. The lowest BCUT2D eigenvalue weighted by Gasteiger charge is -2.38. The summed E-state index contributed by atoms with van der Waals surface area (Å²) in [4.78, 5) is 14.3. The molecule has 0 aromatic carbocycles. The number of ether oxygens (including phenoxy) is 1. The maximum absolute atomic E-state index is 12.4. The fourth-order valence-electron chi connectivity index (χ4n) is 3.36. The van der Waals surface area contributed by atoms with Crippen LogP contribution in [0.15, 0.2) is 6.20 Å². The number of piperidine rings is 1. The molecule has 1 N–H and O–H groups in total. The number of likely N-dealkylation sites (tertiary alicyclic amines) is 1. The van der Waals surface area contributed by atoms with Crippen LogP contribution in [0.25, 0.3) is 0 Å². The average molecular weight is 293 g/mol. The Labute approximate surface area is 124 Å². The van der Waals surface area contributed by atoms with Gasteiger partial charge in [0, 0.05) is 33.4 Å². The summed E-state index contributed by atoms with van der Waals surface area (Å²) < 4.78 is 7.01. The largest absolute Gasteiger partial charge is 0.381 e. The van der Waals surface area contributed by atoms with Gasteiger partial charge in [0.1, 0.15) is 0 Å². The summed E-state index contributed by atoms with van der Waals surface area (Å²) in [6.07, 6.45) is 6.14. The van der Waals surface area contributed by atoms with Crippen LogP contribution < -0.4 is 5.32 Å². The Morgan fingerprint density at radius 3 is 2.86 bits per heavy atom. The van der Waals surface area contributed by atoms with Gasteiger partial charge in [0.2, 0.25) is 0 Å². The lowest BCUT2D eigenvalue weighted by atomic mass is 9.81. The van der Waals surface area contributed by atoms with E-state index in [1.807, 2.05) is 4.90 Å². The summed E-state index contributed by atoms with van der Waals surface area (Å²) in [5.74, 6) is 1.94. The molecule has 1 unspecified atom stereocenters. The molecule has 3 rings (SSSR count). The quantitative estimate of drug-likeness (QED) is 0.896. The van der Waals surface area contributed by atoms with Crippen LogP contribution >= 0.6 is 0 Å². The summed E-state index contributed by atoms with van der Waals surface area (Å²) >= 11 is 0. The summed E-state index contributed by atoms with van der Waals surface area (Å²) in [6, 6.07) is -0.0443. The van der Waals surface area contributed by atoms with E-state index in [4.69, 9.17) is 4.74 Å². The first-order valence-electron chi connectivity index (χ1n) is 7.72. The van der Waals surface area contributed by atoms with Crippen LogP contribution in [-0.2, 0) is 11.8 Å². The molecular formula is C14H23N5O2. The molecule has 7 heteroatoms. The van der Waals surface area contributed by atoms with Crippen molar-refractivity contribution in [3.05, 3.63) is 6.20 Å². The first-order valence-corrected chi connectivity index (χ1v) is 7.72. The fourth-order valence-corrected chi connectivity index (χ4v) is 3.36. The average Bonchev–Trinajstić information content (AvgIpc) is 2.93. The molecule has 1 aromatic rings. The third-order valence-corrected chi connectivity index (χ3v) is 4.63. The monoisotopic (exact) mass is 293 g/mol. The van der Waals surface area contributed by atoms with Crippen LogP contribution in [0.1, 0.15) is 25.7 Å². The van der Waals surface area contributed by atoms with Crippen molar-refractivity contribution in [1.82, 2.24) is 19.9 Å². The zero-order valence-electron chi connectivity index (χ0n) is 12.5. The van der Waals surface area contributed by atoms with Gasteiger partial charge >= 0.3 is 6.03 Å². The summed E-state index contributed by atoms with van der Waals surface area (Å²) in [5.41, 5.74) is 0. The van der Waals surface area contributed by atoms with E-state index >= 15 is 0 Å². The van der Waals surface area contributed by atoms with Gasteiger partial charge in [-0.1, -0.05) is 5.21 Å². The molecule has 2 aliphatic rings. The molecule has 0 saturated carbocycles. The van der Waals surface area contributed by atoms with Crippen molar-refractivity contribution in [2.75, 3.05) is 31.6 Å². The minimum atomic E-state index is -0.0443. The standard InChI is InChI=1S/C14H23N5O2/c1-18-13(9-15-17-18)16-14(20)19-6-2-3-12(10-19)11-4-7-21-8-5-11/h9,11-12H,2-8,10H2,1H3,(H,16,20). The second kappa shape index (κ2) is 6.43. The third kappa shape index (κ3) is 3.34. The summed E-state index contributed by atoms with van der Waals surface area (Å²) in [5, 5.41) is 10.5. The minimum absolute atomic E-state index is 0.0443. The van der Waals surface area contributed by atoms with Crippen LogP contribution in [0, 0.1) is 11.8 Å². The minimum Gasteiger partial charge on any atom is -0.381 e. The number of carbonyl (C=O) groups is 1. The third-order valence-electron chi connectivity index (χ3n) is 4.63. The highest BCUT2D eigenvalue weighted by atomic mass is 16.5.